The predicted molar refractivity (Wildman–Crippen MR) is 81.9 cm³/mol. The normalized spacial score (nSPS) is 16.8. The molecule has 0 amide bonds. The zero-order valence-corrected chi connectivity index (χ0v) is 12.7. The Morgan fingerprint density at radius 1 is 1.47 bits per heavy atom. The molecular formula is C14H20BrN3O. The van der Waals surface area contributed by atoms with E-state index < -0.39 is 0 Å². The molecule has 0 bridgehead atoms. The molecule has 0 unspecified atom stereocenters. The van der Waals surface area contributed by atoms with E-state index in [9.17, 15) is 0 Å². The number of hydrogen-bond donors (Lipinski definition) is 2. The van der Waals surface area contributed by atoms with Gasteiger partial charge in [-0.1, -0.05) is 33.9 Å². The van der Waals surface area contributed by atoms with Gasteiger partial charge >= 0.3 is 0 Å². The van der Waals surface area contributed by atoms with Gasteiger partial charge in [0.05, 0.1) is 0 Å². The Hall–Kier alpha value is -1.23. The molecule has 0 spiro atoms. The Morgan fingerprint density at radius 3 is 2.74 bits per heavy atom. The molecule has 3 N–H and O–H groups in total. The lowest BCUT2D eigenvalue weighted by atomic mass is 10.1. The van der Waals surface area contributed by atoms with E-state index in [1.54, 1.807) is 0 Å². The van der Waals surface area contributed by atoms with Crippen LogP contribution in [0.25, 0.3) is 0 Å². The van der Waals surface area contributed by atoms with Gasteiger partial charge in [-0.2, -0.15) is 0 Å². The summed E-state index contributed by atoms with van der Waals surface area (Å²) in [6.07, 6.45) is 5.02. The number of hydrogen-bond acceptors (Lipinski definition) is 3. The SMILES string of the molecule is CCN(c1ccc(Br)cc1/C(N)=N/O)C1CCCC1. The number of rotatable bonds is 4. The van der Waals surface area contributed by atoms with Gasteiger partial charge in [-0.05, 0) is 38.0 Å². The van der Waals surface area contributed by atoms with E-state index in [1.165, 1.54) is 25.7 Å². The van der Waals surface area contributed by atoms with Gasteiger partial charge in [-0.25, -0.2) is 0 Å². The Balaban J connectivity index is 2.41. The van der Waals surface area contributed by atoms with Gasteiger partial charge in [0.2, 0.25) is 0 Å². The zero-order chi connectivity index (χ0) is 13.8. The second-order valence-corrected chi connectivity index (χ2v) is 5.79. The molecule has 1 aliphatic carbocycles. The summed E-state index contributed by atoms with van der Waals surface area (Å²) in [5.41, 5.74) is 7.64. The summed E-state index contributed by atoms with van der Waals surface area (Å²) in [6, 6.07) is 6.51. The molecule has 0 aliphatic heterocycles. The molecule has 0 heterocycles. The average molecular weight is 326 g/mol. The van der Waals surface area contributed by atoms with E-state index in [2.05, 4.69) is 32.9 Å². The summed E-state index contributed by atoms with van der Waals surface area (Å²) >= 11 is 3.44. The number of benzene rings is 1. The standard InChI is InChI=1S/C14H20BrN3O/c1-2-18(11-5-3-4-6-11)13-8-7-10(15)9-12(13)14(16)17-19/h7-9,11,19H,2-6H2,1H3,(H2,16,17). The highest BCUT2D eigenvalue weighted by Gasteiger charge is 2.24. The summed E-state index contributed by atoms with van der Waals surface area (Å²) in [5, 5.41) is 12.1. The Kier molecular flexibility index (Phi) is 4.69. The maximum absolute atomic E-state index is 8.95. The molecule has 2 rings (SSSR count). The fourth-order valence-electron chi connectivity index (χ4n) is 2.86. The molecule has 1 fully saturated rings. The van der Waals surface area contributed by atoms with Gasteiger partial charge in [0.15, 0.2) is 5.84 Å². The minimum atomic E-state index is 0.160. The minimum absolute atomic E-state index is 0.160. The second-order valence-electron chi connectivity index (χ2n) is 4.87. The highest BCUT2D eigenvalue weighted by Crippen LogP contribution is 2.31. The van der Waals surface area contributed by atoms with Crippen LogP contribution in [0, 0.1) is 0 Å². The van der Waals surface area contributed by atoms with Crippen molar-refractivity contribution in [2.75, 3.05) is 11.4 Å². The molecule has 19 heavy (non-hydrogen) atoms. The summed E-state index contributed by atoms with van der Waals surface area (Å²) in [6.45, 7) is 3.08. The second kappa shape index (κ2) is 6.28. The van der Waals surface area contributed by atoms with Crippen LogP contribution >= 0.6 is 15.9 Å². The minimum Gasteiger partial charge on any atom is -0.409 e. The number of oxime groups is 1. The van der Waals surface area contributed by atoms with Crippen molar-refractivity contribution in [2.24, 2.45) is 10.9 Å². The van der Waals surface area contributed by atoms with Crippen LogP contribution in [0.3, 0.4) is 0 Å². The summed E-state index contributed by atoms with van der Waals surface area (Å²) in [4.78, 5) is 2.37. The smallest absolute Gasteiger partial charge is 0.172 e. The first-order valence-corrected chi connectivity index (χ1v) is 7.50. The third-order valence-corrected chi connectivity index (χ3v) is 4.25. The summed E-state index contributed by atoms with van der Waals surface area (Å²) in [5.74, 6) is 0.160. The first-order valence-electron chi connectivity index (χ1n) is 6.71. The van der Waals surface area contributed by atoms with Crippen LogP contribution in [0.2, 0.25) is 0 Å². The van der Waals surface area contributed by atoms with E-state index in [-0.39, 0.29) is 5.84 Å². The number of anilines is 1. The van der Waals surface area contributed by atoms with Crippen molar-refractivity contribution in [1.29, 1.82) is 0 Å². The largest absolute Gasteiger partial charge is 0.409 e. The van der Waals surface area contributed by atoms with Gasteiger partial charge in [0, 0.05) is 28.3 Å². The van der Waals surface area contributed by atoms with E-state index in [1.807, 2.05) is 18.2 Å². The van der Waals surface area contributed by atoms with Crippen molar-refractivity contribution in [3.63, 3.8) is 0 Å². The molecule has 1 aromatic rings. The first kappa shape index (κ1) is 14.2. The molecule has 1 saturated carbocycles. The fraction of sp³-hybridized carbons (Fsp3) is 0.500. The molecule has 1 aliphatic rings. The highest BCUT2D eigenvalue weighted by atomic mass is 79.9. The lowest BCUT2D eigenvalue weighted by Crippen LogP contribution is -2.34. The molecule has 5 heteroatoms. The maximum Gasteiger partial charge on any atom is 0.172 e. The van der Waals surface area contributed by atoms with Crippen molar-refractivity contribution in [2.45, 2.75) is 38.6 Å². The summed E-state index contributed by atoms with van der Waals surface area (Å²) < 4.78 is 0.931. The third kappa shape index (κ3) is 3.03. The Labute approximate surface area is 122 Å². The van der Waals surface area contributed by atoms with Gasteiger partial charge in [-0.15, -0.1) is 0 Å². The summed E-state index contributed by atoms with van der Waals surface area (Å²) in [7, 11) is 0. The third-order valence-electron chi connectivity index (χ3n) is 3.76. The highest BCUT2D eigenvalue weighted by molar-refractivity contribution is 9.10. The molecule has 0 atom stereocenters. The van der Waals surface area contributed by atoms with E-state index in [0.717, 1.165) is 22.3 Å². The van der Waals surface area contributed by atoms with Crippen molar-refractivity contribution >= 4 is 27.5 Å². The first-order chi connectivity index (χ1) is 9.17. The van der Waals surface area contributed by atoms with Crippen molar-refractivity contribution in [3.8, 4) is 0 Å². The van der Waals surface area contributed by atoms with Crippen LogP contribution in [-0.4, -0.2) is 23.6 Å². The average Bonchev–Trinajstić information content (AvgIpc) is 2.94. The van der Waals surface area contributed by atoms with Gasteiger partial charge in [-0.3, -0.25) is 0 Å². The van der Waals surface area contributed by atoms with Crippen LogP contribution in [0.15, 0.2) is 27.8 Å². The van der Waals surface area contributed by atoms with Gasteiger partial charge in [0.1, 0.15) is 0 Å². The number of halogens is 1. The topological polar surface area (TPSA) is 61.8 Å². The Morgan fingerprint density at radius 2 is 2.16 bits per heavy atom. The van der Waals surface area contributed by atoms with Crippen LogP contribution in [-0.2, 0) is 0 Å². The number of amidine groups is 1. The van der Waals surface area contributed by atoms with Crippen molar-refractivity contribution in [1.82, 2.24) is 0 Å². The lowest BCUT2D eigenvalue weighted by molar-refractivity contribution is 0.318. The predicted octanol–water partition coefficient (Wildman–Crippen LogP) is 3.31. The Bertz CT molecular complexity index is 470. The van der Waals surface area contributed by atoms with Crippen LogP contribution in [0.1, 0.15) is 38.2 Å². The zero-order valence-electron chi connectivity index (χ0n) is 11.1. The molecule has 4 nitrogen and oxygen atoms in total. The van der Waals surface area contributed by atoms with E-state index >= 15 is 0 Å². The monoisotopic (exact) mass is 325 g/mol. The molecule has 104 valence electrons. The number of nitrogens with zero attached hydrogens (tertiary/aromatic N) is 2. The molecular weight excluding hydrogens is 306 g/mol. The molecule has 0 saturated heterocycles. The maximum atomic E-state index is 8.95. The van der Waals surface area contributed by atoms with Crippen LogP contribution in [0.5, 0.6) is 0 Å². The van der Waals surface area contributed by atoms with Crippen molar-refractivity contribution < 1.29 is 5.21 Å². The van der Waals surface area contributed by atoms with Crippen molar-refractivity contribution in [3.05, 3.63) is 28.2 Å². The van der Waals surface area contributed by atoms with Crippen LogP contribution in [0.4, 0.5) is 5.69 Å². The van der Waals surface area contributed by atoms with Crippen LogP contribution < -0.4 is 10.6 Å². The number of nitrogens with two attached hydrogens (primary N) is 1. The quantitative estimate of drug-likeness (QED) is 0.386. The van der Waals surface area contributed by atoms with E-state index in [0.29, 0.717) is 6.04 Å². The lowest BCUT2D eigenvalue weighted by Gasteiger charge is -2.31. The molecule has 0 radical (unpaired) electrons. The molecule has 1 aromatic carbocycles. The fourth-order valence-corrected chi connectivity index (χ4v) is 3.22. The van der Waals surface area contributed by atoms with E-state index in [4.69, 9.17) is 10.9 Å². The van der Waals surface area contributed by atoms with Gasteiger partial charge < -0.3 is 15.8 Å². The van der Waals surface area contributed by atoms with Gasteiger partial charge in [0.25, 0.3) is 0 Å². The molecule has 0 aromatic heterocycles.